The first-order chi connectivity index (χ1) is 29.3. The van der Waals surface area contributed by atoms with Crippen LogP contribution < -0.4 is 11.5 Å². The molecule has 60 heavy (non-hydrogen) atoms. The SMILES string of the molecule is CCCCCCCCCCCC(c1ccc(C2(c3ccc(C(CCCCCCCCCCC)c4ccc(N)cc4C)cc3)CCC(CC)CC2)cc1)c1ccc(N)cc1C. The molecule has 0 saturated heterocycles. The third kappa shape index (κ3) is 13.7. The zero-order chi connectivity index (χ0) is 42.6. The number of hydrogen-bond donors (Lipinski definition) is 2. The van der Waals surface area contributed by atoms with Gasteiger partial charge in [-0.2, -0.15) is 0 Å². The fraction of sp³-hybridized carbons (Fsp3) is 0.586. The van der Waals surface area contributed by atoms with Crippen LogP contribution in [0, 0.1) is 19.8 Å². The van der Waals surface area contributed by atoms with Crippen LogP contribution >= 0.6 is 0 Å². The predicted octanol–water partition coefficient (Wildman–Crippen LogP) is 17.5. The highest BCUT2D eigenvalue weighted by Crippen LogP contribution is 2.48. The third-order valence-electron chi connectivity index (χ3n) is 14.8. The van der Waals surface area contributed by atoms with Gasteiger partial charge in [-0.1, -0.05) is 203 Å². The van der Waals surface area contributed by atoms with Gasteiger partial charge in [-0.3, -0.25) is 0 Å². The fourth-order valence-corrected chi connectivity index (χ4v) is 10.9. The van der Waals surface area contributed by atoms with Gasteiger partial charge in [0.15, 0.2) is 0 Å². The molecule has 4 aromatic carbocycles. The number of unbranched alkanes of at least 4 members (excludes halogenated alkanes) is 16. The molecule has 0 aliphatic heterocycles. The van der Waals surface area contributed by atoms with Crippen molar-refractivity contribution < 1.29 is 0 Å². The van der Waals surface area contributed by atoms with E-state index in [1.807, 2.05) is 0 Å². The van der Waals surface area contributed by atoms with Gasteiger partial charge in [0.2, 0.25) is 0 Å². The van der Waals surface area contributed by atoms with Gasteiger partial charge in [-0.25, -0.2) is 0 Å². The quantitative estimate of drug-likeness (QED) is 0.0466. The molecule has 328 valence electrons. The Bertz CT molecular complexity index is 1650. The smallest absolute Gasteiger partial charge is 0.0316 e. The summed E-state index contributed by atoms with van der Waals surface area (Å²) in [7, 11) is 0. The summed E-state index contributed by atoms with van der Waals surface area (Å²) in [5.74, 6) is 1.63. The van der Waals surface area contributed by atoms with Crippen molar-refractivity contribution in [2.45, 2.75) is 212 Å². The van der Waals surface area contributed by atoms with Crippen molar-refractivity contribution in [2.24, 2.45) is 5.92 Å². The molecule has 4 aromatic rings. The molecule has 0 heterocycles. The molecule has 0 aromatic heterocycles. The molecule has 1 aliphatic rings. The molecule has 0 radical (unpaired) electrons. The van der Waals surface area contributed by atoms with E-state index in [0.717, 1.165) is 17.3 Å². The molecule has 1 aliphatic carbocycles. The zero-order valence-electron chi connectivity index (χ0n) is 39.1. The molecule has 1 saturated carbocycles. The molecule has 2 atom stereocenters. The van der Waals surface area contributed by atoms with Crippen LogP contribution in [0.25, 0.3) is 0 Å². The van der Waals surface area contributed by atoms with Crippen molar-refractivity contribution in [3.8, 4) is 0 Å². The highest BCUT2D eigenvalue weighted by Gasteiger charge is 2.38. The Kier molecular flexibility index (Phi) is 20.1. The number of nitrogen functional groups attached to an aromatic ring is 2. The molecule has 5 rings (SSSR count). The van der Waals surface area contributed by atoms with Crippen molar-refractivity contribution in [1.29, 1.82) is 0 Å². The lowest BCUT2D eigenvalue weighted by atomic mass is 9.62. The maximum atomic E-state index is 6.27. The van der Waals surface area contributed by atoms with Gasteiger partial charge in [0.1, 0.15) is 0 Å². The minimum atomic E-state index is 0.0518. The van der Waals surface area contributed by atoms with Gasteiger partial charge in [0, 0.05) is 28.6 Å². The van der Waals surface area contributed by atoms with E-state index < -0.39 is 0 Å². The van der Waals surface area contributed by atoms with Gasteiger partial charge in [0.25, 0.3) is 0 Å². The van der Waals surface area contributed by atoms with E-state index >= 15 is 0 Å². The second-order valence-corrected chi connectivity index (χ2v) is 19.2. The van der Waals surface area contributed by atoms with E-state index in [1.165, 1.54) is 205 Å². The van der Waals surface area contributed by atoms with Crippen LogP contribution in [0.1, 0.15) is 238 Å². The number of anilines is 2. The van der Waals surface area contributed by atoms with Crippen molar-refractivity contribution in [2.75, 3.05) is 11.5 Å². The molecular formula is C58H86N2. The van der Waals surface area contributed by atoms with Crippen LogP contribution in [0.2, 0.25) is 0 Å². The lowest BCUT2D eigenvalue weighted by Gasteiger charge is -2.41. The first kappa shape index (κ1) is 47.5. The summed E-state index contributed by atoms with van der Waals surface area (Å²) in [5.41, 5.74) is 25.8. The average Bonchev–Trinajstić information content (AvgIpc) is 3.26. The molecule has 0 amide bonds. The van der Waals surface area contributed by atoms with Crippen LogP contribution in [0.4, 0.5) is 11.4 Å². The largest absolute Gasteiger partial charge is 0.399 e. The maximum absolute atomic E-state index is 6.27. The number of benzene rings is 4. The van der Waals surface area contributed by atoms with Crippen LogP contribution in [-0.4, -0.2) is 0 Å². The van der Waals surface area contributed by atoms with Crippen LogP contribution in [0.5, 0.6) is 0 Å². The van der Waals surface area contributed by atoms with E-state index in [0.29, 0.717) is 11.8 Å². The van der Waals surface area contributed by atoms with Crippen molar-refractivity contribution in [1.82, 2.24) is 0 Å². The van der Waals surface area contributed by atoms with Crippen molar-refractivity contribution in [3.63, 3.8) is 0 Å². The number of nitrogens with two attached hydrogens (primary N) is 2. The first-order valence-corrected chi connectivity index (χ1v) is 25.2. The summed E-state index contributed by atoms with van der Waals surface area (Å²) in [6.45, 7) is 11.5. The fourth-order valence-electron chi connectivity index (χ4n) is 10.9. The summed E-state index contributed by atoms with van der Waals surface area (Å²) in [6, 6.07) is 33.3. The van der Waals surface area contributed by atoms with Crippen LogP contribution in [0.15, 0.2) is 84.9 Å². The Balaban J connectivity index is 1.35. The normalized spacial score (nSPS) is 17.8. The van der Waals surface area contributed by atoms with Crippen molar-refractivity contribution in [3.05, 3.63) is 129 Å². The van der Waals surface area contributed by atoms with Gasteiger partial charge in [-0.05, 0) is 127 Å². The van der Waals surface area contributed by atoms with Gasteiger partial charge in [-0.15, -0.1) is 0 Å². The van der Waals surface area contributed by atoms with Crippen LogP contribution in [-0.2, 0) is 5.41 Å². The lowest BCUT2D eigenvalue weighted by molar-refractivity contribution is 0.260. The summed E-state index contributed by atoms with van der Waals surface area (Å²) in [5, 5.41) is 0. The third-order valence-corrected chi connectivity index (χ3v) is 14.8. The summed E-state index contributed by atoms with van der Waals surface area (Å²) < 4.78 is 0. The highest BCUT2D eigenvalue weighted by atomic mass is 14.5. The van der Waals surface area contributed by atoms with E-state index in [-0.39, 0.29) is 5.41 Å². The van der Waals surface area contributed by atoms with Crippen molar-refractivity contribution >= 4 is 11.4 Å². The lowest BCUT2D eigenvalue weighted by Crippen LogP contribution is -2.33. The average molecular weight is 811 g/mol. The first-order valence-electron chi connectivity index (χ1n) is 25.2. The molecule has 2 nitrogen and oxygen atoms in total. The van der Waals surface area contributed by atoms with E-state index in [9.17, 15) is 0 Å². The summed E-state index contributed by atoms with van der Waals surface area (Å²) in [4.78, 5) is 0. The molecule has 0 spiro atoms. The minimum Gasteiger partial charge on any atom is -0.399 e. The van der Waals surface area contributed by atoms with Gasteiger partial charge >= 0.3 is 0 Å². The van der Waals surface area contributed by atoms with E-state index in [2.05, 4.69) is 120 Å². The van der Waals surface area contributed by atoms with Crippen LogP contribution in [0.3, 0.4) is 0 Å². The Morgan fingerprint density at radius 3 is 1.15 bits per heavy atom. The number of rotatable bonds is 27. The Morgan fingerprint density at radius 1 is 0.467 bits per heavy atom. The van der Waals surface area contributed by atoms with E-state index in [4.69, 9.17) is 11.5 Å². The molecule has 2 heteroatoms. The zero-order valence-corrected chi connectivity index (χ0v) is 39.1. The second-order valence-electron chi connectivity index (χ2n) is 19.2. The Morgan fingerprint density at radius 2 is 0.817 bits per heavy atom. The molecule has 4 N–H and O–H groups in total. The highest BCUT2D eigenvalue weighted by molar-refractivity contribution is 5.51. The summed E-state index contributed by atoms with van der Waals surface area (Å²) >= 11 is 0. The Labute approximate surface area is 369 Å². The number of aryl methyl sites for hydroxylation is 2. The topological polar surface area (TPSA) is 52.0 Å². The second kappa shape index (κ2) is 25.4. The number of hydrogen-bond acceptors (Lipinski definition) is 2. The van der Waals surface area contributed by atoms with E-state index in [1.54, 1.807) is 0 Å². The van der Waals surface area contributed by atoms with Gasteiger partial charge in [0.05, 0.1) is 0 Å². The summed E-state index contributed by atoms with van der Waals surface area (Å²) in [6.07, 6.45) is 33.2. The predicted molar refractivity (Wildman–Crippen MR) is 264 cm³/mol. The minimum absolute atomic E-state index is 0.0518. The standard InChI is InChI=1S/C58H86N2/c1-6-9-11-13-15-17-19-21-23-25-56(54-37-35-52(59)43-45(54)4)48-27-31-50(32-28-48)58(41-39-47(8-3)40-42-58)51-33-29-49(30-34-51)57(55-38-36-53(60)44-46(55)5)26-24-22-20-18-16-14-12-10-7-2/h27-38,43-44,47,56-57H,6-26,39-42,59-60H2,1-5H3. The molecule has 2 unspecified atom stereocenters. The molecule has 0 bridgehead atoms. The molecular weight excluding hydrogens is 725 g/mol. The van der Waals surface area contributed by atoms with Gasteiger partial charge < -0.3 is 11.5 Å². The maximum Gasteiger partial charge on any atom is 0.0316 e. The molecule has 1 fully saturated rings. The monoisotopic (exact) mass is 811 g/mol. The Hall–Kier alpha value is -3.52.